The van der Waals surface area contributed by atoms with Crippen LogP contribution in [0.15, 0.2) is 36.4 Å². The Morgan fingerprint density at radius 1 is 1.09 bits per heavy atom. The van der Waals surface area contributed by atoms with Crippen LogP contribution in [0, 0.1) is 0 Å². The first kappa shape index (κ1) is 17.9. The van der Waals surface area contributed by atoms with Crippen LogP contribution in [0.3, 0.4) is 0 Å². The molecule has 0 aliphatic heterocycles. The highest BCUT2D eigenvalue weighted by atomic mass is 35.5. The number of aliphatic carboxylic acids is 1. The van der Waals surface area contributed by atoms with Gasteiger partial charge in [-0.15, -0.1) is 0 Å². The van der Waals surface area contributed by atoms with Gasteiger partial charge in [0.25, 0.3) is 0 Å². The van der Waals surface area contributed by atoms with Gasteiger partial charge in [0, 0.05) is 11.6 Å². The molecule has 0 unspecified atom stereocenters. The lowest BCUT2D eigenvalue weighted by molar-refractivity contribution is -0.137. The molecule has 2 aromatic carbocycles. The SMILES string of the molecule is NC[C@H](CC(=O)O)c1ccc(Cl)c(Nc2ccc(Cl)c(Cl)c2)c1. The van der Waals surface area contributed by atoms with Gasteiger partial charge in [0.05, 0.1) is 27.2 Å². The normalized spacial score (nSPS) is 12.0. The molecule has 4 nitrogen and oxygen atoms in total. The fourth-order valence-electron chi connectivity index (χ4n) is 2.17. The number of anilines is 2. The van der Waals surface area contributed by atoms with Crippen LogP contribution in [-0.4, -0.2) is 17.6 Å². The highest BCUT2D eigenvalue weighted by Crippen LogP contribution is 2.32. The summed E-state index contributed by atoms with van der Waals surface area (Å²) in [4.78, 5) is 10.9. The van der Waals surface area contributed by atoms with Crippen molar-refractivity contribution < 1.29 is 9.90 Å². The molecular weight excluding hydrogens is 359 g/mol. The number of halogens is 3. The highest BCUT2D eigenvalue weighted by molar-refractivity contribution is 6.42. The van der Waals surface area contributed by atoms with E-state index in [1.807, 2.05) is 0 Å². The van der Waals surface area contributed by atoms with Gasteiger partial charge in [-0.25, -0.2) is 0 Å². The Morgan fingerprint density at radius 2 is 1.78 bits per heavy atom. The molecule has 2 aromatic rings. The molecule has 23 heavy (non-hydrogen) atoms. The monoisotopic (exact) mass is 372 g/mol. The fraction of sp³-hybridized carbons (Fsp3) is 0.188. The van der Waals surface area contributed by atoms with Crippen LogP contribution in [0.5, 0.6) is 0 Å². The summed E-state index contributed by atoms with van der Waals surface area (Å²) in [6.45, 7) is 0.236. The molecule has 0 bridgehead atoms. The Balaban J connectivity index is 2.29. The number of nitrogens with two attached hydrogens (primary N) is 1. The van der Waals surface area contributed by atoms with Crippen molar-refractivity contribution in [1.29, 1.82) is 0 Å². The van der Waals surface area contributed by atoms with E-state index in [1.165, 1.54) is 0 Å². The first-order chi connectivity index (χ1) is 10.9. The van der Waals surface area contributed by atoms with E-state index in [-0.39, 0.29) is 18.9 Å². The number of carboxylic acid groups (broad SMARTS) is 1. The zero-order valence-corrected chi connectivity index (χ0v) is 14.3. The summed E-state index contributed by atoms with van der Waals surface area (Å²) in [5, 5.41) is 13.5. The van der Waals surface area contributed by atoms with Crippen molar-refractivity contribution in [2.75, 3.05) is 11.9 Å². The van der Waals surface area contributed by atoms with E-state index in [0.29, 0.717) is 20.8 Å². The topological polar surface area (TPSA) is 75.4 Å². The maximum atomic E-state index is 10.9. The lowest BCUT2D eigenvalue weighted by Crippen LogP contribution is -2.16. The molecule has 0 fully saturated rings. The number of carbonyl (C=O) groups is 1. The molecule has 0 amide bonds. The minimum atomic E-state index is -0.894. The van der Waals surface area contributed by atoms with E-state index >= 15 is 0 Å². The summed E-state index contributed by atoms with van der Waals surface area (Å²) in [5.74, 6) is -1.17. The maximum absolute atomic E-state index is 10.9. The van der Waals surface area contributed by atoms with E-state index in [4.69, 9.17) is 45.6 Å². The summed E-state index contributed by atoms with van der Waals surface area (Å²) in [5.41, 5.74) is 7.86. The Bertz CT molecular complexity index is 722. The van der Waals surface area contributed by atoms with Crippen LogP contribution in [0.25, 0.3) is 0 Å². The van der Waals surface area contributed by atoms with Crippen LogP contribution in [0.4, 0.5) is 11.4 Å². The molecule has 0 heterocycles. The van der Waals surface area contributed by atoms with Gasteiger partial charge in [-0.1, -0.05) is 40.9 Å². The number of benzene rings is 2. The Morgan fingerprint density at radius 3 is 2.39 bits per heavy atom. The Kier molecular flexibility index (Phi) is 6.13. The van der Waals surface area contributed by atoms with Crippen molar-refractivity contribution in [3.05, 3.63) is 57.0 Å². The van der Waals surface area contributed by atoms with Crippen LogP contribution < -0.4 is 11.1 Å². The van der Waals surface area contributed by atoms with Crippen molar-refractivity contribution in [3.8, 4) is 0 Å². The molecule has 2 rings (SSSR count). The molecule has 0 radical (unpaired) electrons. The van der Waals surface area contributed by atoms with E-state index in [1.54, 1.807) is 36.4 Å². The molecule has 0 aliphatic carbocycles. The smallest absolute Gasteiger partial charge is 0.304 e. The first-order valence-electron chi connectivity index (χ1n) is 6.84. The molecule has 0 saturated carbocycles. The predicted molar refractivity (Wildman–Crippen MR) is 95.2 cm³/mol. The van der Waals surface area contributed by atoms with Crippen molar-refractivity contribution in [2.24, 2.45) is 5.73 Å². The first-order valence-corrected chi connectivity index (χ1v) is 7.97. The Hall–Kier alpha value is -1.46. The summed E-state index contributed by atoms with van der Waals surface area (Å²) in [6, 6.07) is 10.4. The summed E-state index contributed by atoms with van der Waals surface area (Å²) < 4.78 is 0. The maximum Gasteiger partial charge on any atom is 0.304 e. The Labute approximate surface area is 149 Å². The minimum absolute atomic E-state index is 0.0374. The second-order valence-corrected chi connectivity index (χ2v) is 6.25. The van der Waals surface area contributed by atoms with Gasteiger partial charge in [-0.2, -0.15) is 0 Å². The number of hydrogen-bond acceptors (Lipinski definition) is 3. The molecule has 0 aliphatic rings. The molecule has 122 valence electrons. The van der Waals surface area contributed by atoms with E-state index in [2.05, 4.69) is 5.32 Å². The highest BCUT2D eigenvalue weighted by Gasteiger charge is 2.15. The van der Waals surface area contributed by atoms with Crippen LogP contribution in [-0.2, 0) is 4.79 Å². The number of rotatable bonds is 6. The molecule has 0 spiro atoms. The van der Waals surface area contributed by atoms with Crippen molar-refractivity contribution in [1.82, 2.24) is 0 Å². The molecule has 0 aromatic heterocycles. The quantitative estimate of drug-likeness (QED) is 0.672. The largest absolute Gasteiger partial charge is 0.481 e. The van der Waals surface area contributed by atoms with E-state index in [0.717, 1.165) is 11.3 Å². The number of carboxylic acids is 1. The number of hydrogen-bond donors (Lipinski definition) is 3. The summed E-state index contributed by atoms with van der Waals surface area (Å²) in [6.07, 6.45) is -0.0374. The third kappa shape index (κ3) is 4.75. The van der Waals surface area contributed by atoms with Gasteiger partial charge in [0.15, 0.2) is 0 Å². The van der Waals surface area contributed by atoms with Crippen molar-refractivity contribution >= 4 is 52.1 Å². The minimum Gasteiger partial charge on any atom is -0.481 e. The second kappa shape index (κ2) is 7.88. The van der Waals surface area contributed by atoms with Crippen LogP contribution in [0.2, 0.25) is 15.1 Å². The average Bonchev–Trinajstić information content (AvgIpc) is 2.50. The molecular formula is C16H15Cl3N2O2. The van der Waals surface area contributed by atoms with Crippen LogP contribution >= 0.6 is 34.8 Å². The lowest BCUT2D eigenvalue weighted by Gasteiger charge is -2.16. The molecule has 0 saturated heterocycles. The predicted octanol–water partition coefficient (Wildman–Crippen LogP) is 4.91. The second-order valence-electron chi connectivity index (χ2n) is 5.02. The van der Waals surface area contributed by atoms with Crippen LogP contribution in [0.1, 0.15) is 17.9 Å². The molecule has 7 heteroatoms. The lowest BCUT2D eigenvalue weighted by atomic mass is 9.95. The number of nitrogens with one attached hydrogen (secondary N) is 1. The standard InChI is InChI=1S/C16H15Cl3N2O2/c17-12-4-2-11(7-14(12)19)21-15-5-9(1-3-13(15)18)10(8-20)6-16(22)23/h1-5,7,10,21H,6,8,20H2,(H,22,23)/t10-/m0/s1. The zero-order chi connectivity index (χ0) is 17.0. The van der Waals surface area contributed by atoms with Crippen molar-refractivity contribution in [3.63, 3.8) is 0 Å². The van der Waals surface area contributed by atoms with Crippen molar-refractivity contribution in [2.45, 2.75) is 12.3 Å². The average molecular weight is 374 g/mol. The summed E-state index contributed by atoms with van der Waals surface area (Å²) >= 11 is 18.1. The van der Waals surface area contributed by atoms with E-state index < -0.39 is 5.97 Å². The van der Waals surface area contributed by atoms with Gasteiger partial charge in [0.2, 0.25) is 0 Å². The van der Waals surface area contributed by atoms with Gasteiger partial charge in [-0.3, -0.25) is 4.79 Å². The van der Waals surface area contributed by atoms with Gasteiger partial charge < -0.3 is 16.2 Å². The van der Waals surface area contributed by atoms with Gasteiger partial charge in [-0.05, 0) is 42.4 Å². The van der Waals surface area contributed by atoms with Gasteiger partial charge in [0.1, 0.15) is 0 Å². The fourth-order valence-corrected chi connectivity index (χ4v) is 2.63. The zero-order valence-electron chi connectivity index (χ0n) is 12.0. The van der Waals surface area contributed by atoms with E-state index in [9.17, 15) is 4.79 Å². The third-order valence-corrected chi connectivity index (χ3v) is 4.43. The molecule has 4 N–H and O–H groups in total. The summed E-state index contributed by atoms with van der Waals surface area (Å²) in [7, 11) is 0. The molecule has 1 atom stereocenters. The van der Waals surface area contributed by atoms with Gasteiger partial charge >= 0.3 is 5.97 Å². The third-order valence-electron chi connectivity index (χ3n) is 3.37.